The van der Waals surface area contributed by atoms with Gasteiger partial charge in [-0.3, -0.25) is 9.89 Å². The number of nitrogens with zero attached hydrogens (tertiary/aromatic N) is 3. The van der Waals surface area contributed by atoms with Gasteiger partial charge in [0.25, 0.3) is 0 Å². The van der Waals surface area contributed by atoms with Crippen LogP contribution >= 0.6 is 0 Å². The summed E-state index contributed by atoms with van der Waals surface area (Å²) in [6.07, 6.45) is 3.54. The summed E-state index contributed by atoms with van der Waals surface area (Å²) in [6, 6.07) is 10.8. The molecule has 0 amide bonds. The molecule has 0 bridgehead atoms. The SMILES string of the molecule is CCNC(=NCC1CCN(CCc2ccccc2)C1)NCCCN1CCOCC1. The third-order valence-electron chi connectivity index (χ3n) is 5.83. The molecule has 1 aromatic carbocycles. The first-order chi connectivity index (χ1) is 14.3. The van der Waals surface area contributed by atoms with Crippen molar-refractivity contribution in [2.75, 3.05) is 72.1 Å². The van der Waals surface area contributed by atoms with Crippen LogP contribution in [0.3, 0.4) is 0 Å². The molecular weight excluding hydrogens is 362 g/mol. The Morgan fingerprint density at radius 2 is 1.90 bits per heavy atom. The summed E-state index contributed by atoms with van der Waals surface area (Å²) < 4.78 is 5.41. The lowest BCUT2D eigenvalue weighted by atomic mass is 10.1. The number of benzene rings is 1. The summed E-state index contributed by atoms with van der Waals surface area (Å²) in [5.74, 6) is 1.65. The number of guanidine groups is 1. The predicted octanol–water partition coefficient (Wildman–Crippen LogP) is 1.83. The molecule has 2 aliphatic rings. The second-order valence-corrected chi connectivity index (χ2v) is 8.14. The van der Waals surface area contributed by atoms with E-state index < -0.39 is 0 Å². The maximum atomic E-state index is 5.41. The molecule has 0 spiro atoms. The zero-order valence-corrected chi connectivity index (χ0v) is 18.1. The quantitative estimate of drug-likeness (QED) is 0.356. The first-order valence-electron chi connectivity index (χ1n) is 11.4. The number of aliphatic imine (C=N–C) groups is 1. The Bertz CT molecular complexity index is 588. The fourth-order valence-corrected chi connectivity index (χ4v) is 4.09. The summed E-state index contributed by atoms with van der Waals surface area (Å²) in [5, 5.41) is 6.90. The highest BCUT2D eigenvalue weighted by Crippen LogP contribution is 2.17. The number of rotatable bonds is 10. The third kappa shape index (κ3) is 8.33. The molecule has 2 N–H and O–H groups in total. The van der Waals surface area contributed by atoms with Gasteiger partial charge >= 0.3 is 0 Å². The van der Waals surface area contributed by atoms with Gasteiger partial charge in [-0.1, -0.05) is 30.3 Å². The molecule has 0 saturated carbocycles. The van der Waals surface area contributed by atoms with Gasteiger partial charge in [-0.05, 0) is 50.8 Å². The van der Waals surface area contributed by atoms with Gasteiger partial charge < -0.3 is 20.3 Å². The number of likely N-dealkylation sites (tertiary alicyclic amines) is 1. The Balaban J connectivity index is 1.32. The van der Waals surface area contributed by atoms with Gasteiger partial charge in [-0.2, -0.15) is 0 Å². The van der Waals surface area contributed by atoms with E-state index in [-0.39, 0.29) is 0 Å². The minimum atomic E-state index is 0.676. The molecule has 2 saturated heterocycles. The van der Waals surface area contributed by atoms with E-state index in [1.807, 2.05) is 0 Å². The Morgan fingerprint density at radius 1 is 1.07 bits per heavy atom. The topological polar surface area (TPSA) is 52.1 Å². The zero-order chi connectivity index (χ0) is 20.2. The second-order valence-electron chi connectivity index (χ2n) is 8.14. The minimum Gasteiger partial charge on any atom is -0.379 e. The average molecular weight is 402 g/mol. The number of hydrogen-bond acceptors (Lipinski definition) is 4. The van der Waals surface area contributed by atoms with Crippen molar-refractivity contribution in [1.29, 1.82) is 0 Å². The average Bonchev–Trinajstić information content (AvgIpc) is 3.23. The van der Waals surface area contributed by atoms with E-state index in [0.717, 1.165) is 77.8 Å². The van der Waals surface area contributed by atoms with E-state index in [9.17, 15) is 0 Å². The van der Waals surface area contributed by atoms with Gasteiger partial charge in [0, 0.05) is 45.8 Å². The van der Waals surface area contributed by atoms with Crippen LogP contribution in [0.15, 0.2) is 35.3 Å². The lowest BCUT2D eigenvalue weighted by Gasteiger charge is -2.26. The van der Waals surface area contributed by atoms with E-state index in [0.29, 0.717) is 5.92 Å². The van der Waals surface area contributed by atoms with Crippen LogP contribution in [0.1, 0.15) is 25.3 Å². The predicted molar refractivity (Wildman–Crippen MR) is 121 cm³/mol. The molecule has 29 heavy (non-hydrogen) atoms. The zero-order valence-electron chi connectivity index (χ0n) is 18.1. The van der Waals surface area contributed by atoms with Crippen molar-refractivity contribution in [1.82, 2.24) is 20.4 Å². The maximum Gasteiger partial charge on any atom is 0.191 e. The minimum absolute atomic E-state index is 0.676. The molecule has 2 aliphatic heterocycles. The first-order valence-corrected chi connectivity index (χ1v) is 11.4. The van der Waals surface area contributed by atoms with Crippen LogP contribution < -0.4 is 10.6 Å². The van der Waals surface area contributed by atoms with Crippen molar-refractivity contribution in [2.24, 2.45) is 10.9 Å². The van der Waals surface area contributed by atoms with Gasteiger partial charge in [0.1, 0.15) is 0 Å². The third-order valence-corrected chi connectivity index (χ3v) is 5.83. The normalized spacial score (nSPS) is 21.4. The molecule has 0 radical (unpaired) electrons. The van der Waals surface area contributed by atoms with Crippen LogP contribution in [0.4, 0.5) is 0 Å². The number of morpholine rings is 1. The Hall–Kier alpha value is -1.63. The number of hydrogen-bond donors (Lipinski definition) is 2. The maximum absolute atomic E-state index is 5.41. The van der Waals surface area contributed by atoms with Crippen molar-refractivity contribution in [3.8, 4) is 0 Å². The molecule has 0 aromatic heterocycles. The highest BCUT2D eigenvalue weighted by atomic mass is 16.5. The molecule has 162 valence electrons. The van der Waals surface area contributed by atoms with E-state index >= 15 is 0 Å². The molecule has 1 atom stereocenters. The molecule has 0 aliphatic carbocycles. The molecule has 6 nitrogen and oxygen atoms in total. The van der Waals surface area contributed by atoms with Crippen LogP contribution in [-0.4, -0.2) is 87.9 Å². The van der Waals surface area contributed by atoms with Crippen molar-refractivity contribution >= 4 is 5.96 Å². The molecule has 6 heteroatoms. The first kappa shape index (κ1) is 22.1. The van der Waals surface area contributed by atoms with Gasteiger partial charge in [0.15, 0.2) is 5.96 Å². The second kappa shape index (κ2) is 12.8. The summed E-state index contributed by atoms with van der Waals surface area (Å²) in [7, 11) is 0. The molecular formula is C23H39N5O. The Labute approximate surface area is 176 Å². The van der Waals surface area contributed by atoms with Gasteiger partial charge in [-0.15, -0.1) is 0 Å². The lowest BCUT2D eigenvalue weighted by Crippen LogP contribution is -2.41. The van der Waals surface area contributed by atoms with Crippen LogP contribution in [0, 0.1) is 5.92 Å². The van der Waals surface area contributed by atoms with Crippen LogP contribution in [0.25, 0.3) is 0 Å². The fourth-order valence-electron chi connectivity index (χ4n) is 4.09. The Kier molecular flexibility index (Phi) is 9.76. The molecule has 2 heterocycles. The van der Waals surface area contributed by atoms with Crippen LogP contribution in [-0.2, 0) is 11.2 Å². The molecule has 3 rings (SSSR count). The van der Waals surface area contributed by atoms with E-state index in [1.54, 1.807) is 0 Å². The van der Waals surface area contributed by atoms with Crippen molar-refractivity contribution in [3.05, 3.63) is 35.9 Å². The van der Waals surface area contributed by atoms with Crippen LogP contribution in [0.2, 0.25) is 0 Å². The summed E-state index contributed by atoms with van der Waals surface area (Å²) in [5.41, 5.74) is 1.43. The fraction of sp³-hybridized carbons (Fsp3) is 0.696. The van der Waals surface area contributed by atoms with Gasteiger partial charge in [0.05, 0.1) is 13.2 Å². The van der Waals surface area contributed by atoms with E-state index in [2.05, 4.69) is 57.7 Å². The number of ether oxygens (including phenoxy) is 1. The lowest BCUT2D eigenvalue weighted by molar-refractivity contribution is 0.0376. The smallest absolute Gasteiger partial charge is 0.191 e. The Morgan fingerprint density at radius 3 is 2.69 bits per heavy atom. The van der Waals surface area contributed by atoms with E-state index in [4.69, 9.17) is 9.73 Å². The summed E-state index contributed by atoms with van der Waals surface area (Å²) >= 11 is 0. The molecule has 1 unspecified atom stereocenters. The highest BCUT2D eigenvalue weighted by Gasteiger charge is 2.21. The van der Waals surface area contributed by atoms with Crippen molar-refractivity contribution in [2.45, 2.75) is 26.2 Å². The van der Waals surface area contributed by atoms with E-state index in [1.165, 1.54) is 25.1 Å². The molecule has 2 fully saturated rings. The largest absolute Gasteiger partial charge is 0.379 e. The van der Waals surface area contributed by atoms with Gasteiger partial charge in [-0.25, -0.2) is 0 Å². The van der Waals surface area contributed by atoms with Crippen molar-refractivity contribution in [3.63, 3.8) is 0 Å². The van der Waals surface area contributed by atoms with Crippen molar-refractivity contribution < 1.29 is 4.74 Å². The van der Waals surface area contributed by atoms with Crippen LogP contribution in [0.5, 0.6) is 0 Å². The number of nitrogens with one attached hydrogen (secondary N) is 2. The summed E-state index contributed by atoms with van der Waals surface area (Å²) in [6.45, 7) is 13.5. The highest BCUT2D eigenvalue weighted by molar-refractivity contribution is 5.79. The molecule has 1 aromatic rings. The standard InChI is InChI=1S/C23H39N5O/c1-2-24-23(25-11-6-12-27-15-17-29-18-16-27)26-19-22-10-14-28(20-22)13-9-21-7-4-3-5-8-21/h3-5,7-8,22H,2,6,9-20H2,1H3,(H2,24,25,26). The monoisotopic (exact) mass is 401 g/mol. The summed E-state index contributed by atoms with van der Waals surface area (Å²) in [4.78, 5) is 9.94. The van der Waals surface area contributed by atoms with Gasteiger partial charge in [0.2, 0.25) is 0 Å².